The second-order valence-electron chi connectivity index (χ2n) is 6.19. The highest BCUT2D eigenvalue weighted by Crippen LogP contribution is 2.35. The van der Waals surface area contributed by atoms with Gasteiger partial charge in [0.05, 0.1) is 19.4 Å². The lowest BCUT2D eigenvalue weighted by Crippen LogP contribution is -2.10. The van der Waals surface area contributed by atoms with Crippen molar-refractivity contribution >= 4 is 44.7 Å². The van der Waals surface area contributed by atoms with Crippen LogP contribution in [0.5, 0.6) is 5.75 Å². The number of hydrogen-bond acceptors (Lipinski definition) is 6. The molecule has 0 saturated carbocycles. The van der Waals surface area contributed by atoms with Crippen molar-refractivity contribution in [1.29, 1.82) is 0 Å². The molecule has 0 radical (unpaired) electrons. The molecule has 0 spiro atoms. The van der Waals surface area contributed by atoms with Crippen molar-refractivity contribution in [3.8, 4) is 5.75 Å². The van der Waals surface area contributed by atoms with E-state index in [9.17, 15) is 14.0 Å². The number of anilines is 2. The molecule has 152 valence electrons. The Labute approximate surface area is 171 Å². The molecule has 0 aliphatic carbocycles. The number of fused-ring (bicyclic) bond motifs is 1. The molecule has 1 aromatic heterocycles. The minimum absolute atomic E-state index is 0.176. The highest BCUT2D eigenvalue weighted by molar-refractivity contribution is 7.21. The van der Waals surface area contributed by atoms with E-state index in [1.807, 2.05) is 0 Å². The fourth-order valence-electron chi connectivity index (χ4n) is 3.01. The van der Waals surface area contributed by atoms with Crippen LogP contribution in [0.1, 0.15) is 29.1 Å². The van der Waals surface area contributed by atoms with Gasteiger partial charge in [0.15, 0.2) is 0 Å². The van der Waals surface area contributed by atoms with E-state index < -0.39 is 11.8 Å². The molecule has 6 nitrogen and oxygen atoms in total. The number of hydrogen-bond donors (Lipinski definition) is 2. The van der Waals surface area contributed by atoms with Gasteiger partial charge in [-0.3, -0.25) is 4.79 Å². The van der Waals surface area contributed by atoms with Crippen LogP contribution in [0.15, 0.2) is 36.4 Å². The monoisotopic (exact) mass is 416 g/mol. The lowest BCUT2D eigenvalue weighted by Gasteiger charge is -2.14. The van der Waals surface area contributed by atoms with E-state index in [0.717, 1.165) is 0 Å². The van der Waals surface area contributed by atoms with Crippen LogP contribution in [0.3, 0.4) is 0 Å². The maximum Gasteiger partial charge on any atom is 0.348 e. The molecule has 2 N–H and O–H groups in total. The maximum atomic E-state index is 14.5. The molecule has 3 aromatic rings. The zero-order valence-electron chi connectivity index (χ0n) is 16.3. The molecule has 0 atom stereocenters. The second kappa shape index (κ2) is 8.91. The van der Waals surface area contributed by atoms with Gasteiger partial charge in [0, 0.05) is 34.8 Å². The van der Waals surface area contributed by atoms with E-state index in [0.29, 0.717) is 37.7 Å². The molecule has 1 heterocycles. The van der Waals surface area contributed by atoms with Gasteiger partial charge in [0.25, 0.3) is 0 Å². The van der Waals surface area contributed by atoms with Gasteiger partial charge < -0.3 is 20.1 Å². The number of nitrogens with one attached hydrogen (secondary N) is 2. The summed E-state index contributed by atoms with van der Waals surface area (Å²) in [5, 5.41) is 6.29. The predicted molar refractivity (Wildman–Crippen MR) is 112 cm³/mol. The zero-order chi connectivity index (χ0) is 21.0. The van der Waals surface area contributed by atoms with Crippen molar-refractivity contribution < 1.29 is 23.5 Å². The standard InChI is InChI=1S/C21H21FN2O4S/c1-4-28-21(26)20-14(19-15(22)6-5-7-18(19)29-20)11-23-16-10-13(24-12(2)25)8-9-17(16)27-3/h5-10,23H,4,11H2,1-3H3,(H,24,25). The molecular weight excluding hydrogens is 395 g/mol. The Balaban J connectivity index is 1.99. The van der Waals surface area contributed by atoms with E-state index in [2.05, 4.69) is 10.6 Å². The van der Waals surface area contributed by atoms with Crippen molar-refractivity contribution in [1.82, 2.24) is 0 Å². The predicted octanol–water partition coefficient (Wildman–Crippen LogP) is 4.80. The number of esters is 1. The fraction of sp³-hybridized carbons (Fsp3) is 0.238. The summed E-state index contributed by atoms with van der Waals surface area (Å²) in [6.07, 6.45) is 0. The molecule has 0 bridgehead atoms. The van der Waals surface area contributed by atoms with Crippen LogP contribution in [0.25, 0.3) is 10.1 Å². The SMILES string of the molecule is CCOC(=O)c1sc2cccc(F)c2c1CNc1cc(NC(C)=O)ccc1OC. The third-order valence-electron chi connectivity index (χ3n) is 4.20. The van der Waals surface area contributed by atoms with Gasteiger partial charge in [-0.1, -0.05) is 6.07 Å². The van der Waals surface area contributed by atoms with Crippen LogP contribution in [-0.4, -0.2) is 25.6 Å². The van der Waals surface area contributed by atoms with Crippen LogP contribution in [0, 0.1) is 5.82 Å². The Morgan fingerprint density at radius 1 is 1.21 bits per heavy atom. The van der Waals surface area contributed by atoms with Crippen LogP contribution >= 0.6 is 11.3 Å². The van der Waals surface area contributed by atoms with E-state index in [1.165, 1.54) is 31.4 Å². The van der Waals surface area contributed by atoms with E-state index in [-0.39, 0.29) is 19.1 Å². The lowest BCUT2D eigenvalue weighted by molar-refractivity contribution is -0.114. The van der Waals surface area contributed by atoms with Crippen molar-refractivity contribution in [2.45, 2.75) is 20.4 Å². The molecule has 0 aliphatic heterocycles. The first-order valence-corrected chi connectivity index (χ1v) is 9.82. The number of carbonyl (C=O) groups is 2. The first kappa shape index (κ1) is 20.6. The van der Waals surface area contributed by atoms with Gasteiger partial charge in [-0.15, -0.1) is 11.3 Å². The van der Waals surface area contributed by atoms with Crippen LogP contribution in [0.4, 0.5) is 15.8 Å². The highest BCUT2D eigenvalue weighted by Gasteiger charge is 2.22. The zero-order valence-corrected chi connectivity index (χ0v) is 17.1. The van der Waals surface area contributed by atoms with E-state index in [1.54, 1.807) is 37.3 Å². The summed E-state index contributed by atoms with van der Waals surface area (Å²) >= 11 is 1.20. The van der Waals surface area contributed by atoms with Gasteiger partial charge in [0.2, 0.25) is 5.91 Å². The van der Waals surface area contributed by atoms with Crippen LogP contribution in [-0.2, 0) is 16.1 Å². The van der Waals surface area contributed by atoms with Gasteiger partial charge >= 0.3 is 5.97 Å². The summed E-state index contributed by atoms with van der Waals surface area (Å²) in [6.45, 7) is 3.55. The average Bonchev–Trinajstić information content (AvgIpc) is 3.06. The normalized spacial score (nSPS) is 10.6. The molecule has 29 heavy (non-hydrogen) atoms. The molecule has 2 aromatic carbocycles. The molecule has 0 aliphatic rings. The Kier molecular flexibility index (Phi) is 6.33. The third-order valence-corrected chi connectivity index (χ3v) is 5.38. The molecule has 0 saturated heterocycles. The number of amides is 1. The van der Waals surface area contributed by atoms with Crippen LogP contribution < -0.4 is 15.4 Å². The minimum Gasteiger partial charge on any atom is -0.495 e. The first-order chi connectivity index (χ1) is 13.9. The quantitative estimate of drug-likeness (QED) is 0.541. The smallest absolute Gasteiger partial charge is 0.348 e. The highest BCUT2D eigenvalue weighted by atomic mass is 32.1. The largest absolute Gasteiger partial charge is 0.495 e. The minimum atomic E-state index is -0.483. The van der Waals surface area contributed by atoms with Crippen LogP contribution in [0.2, 0.25) is 0 Å². The molecular formula is C21H21FN2O4S. The van der Waals surface area contributed by atoms with E-state index in [4.69, 9.17) is 9.47 Å². The second-order valence-corrected chi connectivity index (χ2v) is 7.25. The van der Waals surface area contributed by atoms with Gasteiger partial charge in [-0.25, -0.2) is 9.18 Å². The molecule has 8 heteroatoms. The summed E-state index contributed by atoms with van der Waals surface area (Å²) in [5.41, 5.74) is 1.71. The van der Waals surface area contributed by atoms with Crippen molar-refractivity contribution in [3.63, 3.8) is 0 Å². The third kappa shape index (κ3) is 4.48. The van der Waals surface area contributed by atoms with Gasteiger partial charge in [-0.2, -0.15) is 0 Å². The van der Waals surface area contributed by atoms with Crippen molar-refractivity contribution in [2.75, 3.05) is 24.4 Å². The van der Waals surface area contributed by atoms with Crippen molar-refractivity contribution in [2.24, 2.45) is 0 Å². The topological polar surface area (TPSA) is 76.7 Å². The first-order valence-electron chi connectivity index (χ1n) is 9.01. The number of halogens is 1. The molecule has 3 rings (SSSR count). The Bertz CT molecular complexity index is 1060. The number of rotatable bonds is 7. The molecule has 0 unspecified atom stereocenters. The Morgan fingerprint density at radius 3 is 2.69 bits per heavy atom. The van der Waals surface area contributed by atoms with Gasteiger partial charge in [0.1, 0.15) is 16.4 Å². The summed E-state index contributed by atoms with van der Waals surface area (Å²) < 4.78 is 25.7. The summed E-state index contributed by atoms with van der Waals surface area (Å²) in [5.74, 6) is -0.526. The van der Waals surface area contributed by atoms with E-state index >= 15 is 0 Å². The van der Waals surface area contributed by atoms with Gasteiger partial charge in [-0.05, 0) is 37.3 Å². The fourth-order valence-corrected chi connectivity index (χ4v) is 4.14. The molecule has 0 fully saturated rings. The number of carbonyl (C=O) groups excluding carboxylic acids is 2. The van der Waals surface area contributed by atoms with Crippen molar-refractivity contribution in [3.05, 3.63) is 52.7 Å². The Morgan fingerprint density at radius 2 is 2.00 bits per heavy atom. The summed E-state index contributed by atoms with van der Waals surface area (Å²) in [4.78, 5) is 24.1. The summed E-state index contributed by atoms with van der Waals surface area (Å²) in [6, 6.07) is 9.90. The maximum absolute atomic E-state index is 14.5. The molecule has 1 amide bonds. The number of thiophene rings is 1. The lowest BCUT2D eigenvalue weighted by atomic mass is 10.1. The number of methoxy groups -OCH3 is 1. The summed E-state index contributed by atoms with van der Waals surface area (Å²) in [7, 11) is 1.53. The average molecular weight is 416 g/mol. The Hall–Kier alpha value is -3.13. The number of ether oxygens (including phenoxy) is 2. The number of benzene rings is 2.